The first-order valence-corrected chi connectivity index (χ1v) is 4.72. The maximum atomic E-state index is 5.60. The summed E-state index contributed by atoms with van der Waals surface area (Å²) in [7, 11) is 0. The van der Waals surface area contributed by atoms with Gasteiger partial charge in [-0.2, -0.15) is 0 Å². The van der Waals surface area contributed by atoms with Crippen molar-refractivity contribution in [2.45, 2.75) is 0 Å². The van der Waals surface area contributed by atoms with Gasteiger partial charge in [-0.15, -0.1) is 0 Å². The highest BCUT2D eigenvalue weighted by atomic mass is 14.9. The van der Waals surface area contributed by atoms with E-state index in [4.69, 9.17) is 11.5 Å². The van der Waals surface area contributed by atoms with Gasteiger partial charge in [-0.25, -0.2) is 0 Å². The van der Waals surface area contributed by atoms with Crippen LogP contribution in [0.4, 0.5) is 22.7 Å². The molecule has 3 heteroatoms. The third-order valence-electron chi connectivity index (χ3n) is 2.11. The van der Waals surface area contributed by atoms with Crippen LogP contribution in [0.5, 0.6) is 0 Å². The number of hydrogen-bond acceptors (Lipinski definition) is 3. The van der Waals surface area contributed by atoms with E-state index in [2.05, 4.69) is 5.32 Å². The van der Waals surface area contributed by atoms with Crippen LogP contribution in [0.2, 0.25) is 0 Å². The number of benzene rings is 2. The Labute approximate surface area is 88.7 Å². The third-order valence-corrected chi connectivity index (χ3v) is 2.11. The lowest BCUT2D eigenvalue weighted by Crippen LogP contribution is -1.91. The van der Waals surface area contributed by atoms with Gasteiger partial charge in [0, 0.05) is 22.7 Å². The van der Waals surface area contributed by atoms with Gasteiger partial charge in [-0.05, 0) is 48.5 Å². The molecule has 0 fully saturated rings. The number of nitrogen functional groups attached to an aromatic ring is 2. The van der Waals surface area contributed by atoms with Crippen LogP contribution < -0.4 is 16.8 Å². The van der Waals surface area contributed by atoms with Crippen molar-refractivity contribution in [3.05, 3.63) is 48.5 Å². The fraction of sp³-hybridized carbons (Fsp3) is 0. The van der Waals surface area contributed by atoms with Crippen LogP contribution in [0.25, 0.3) is 0 Å². The molecule has 0 atom stereocenters. The van der Waals surface area contributed by atoms with Gasteiger partial charge < -0.3 is 16.8 Å². The van der Waals surface area contributed by atoms with Crippen LogP contribution >= 0.6 is 0 Å². The van der Waals surface area contributed by atoms with Gasteiger partial charge >= 0.3 is 0 Å². The zero-order valence-corrected chi connectivity index (χ0v) is 8.27. The van der Waals surface area contributed by atoms with E-state index in [0.29, 0.717) is 0 Å². The summed E-state index contributed by atoms with van der Waals surface area (Å²) in [6, 6.07) is 15.2. The first-order valence-electron chi connectivity index (χ1n) is 4.72. The maximum absolute atomic E-state index is 5.60. The average Bonchev–Trinajstić information content (AvgIpc) is 2.25. The van der Waals surface area contributed by atoms with Crippen LogP contribution in [0.1, 0.15) is 0 Å². The molecule has 0 spiro atoms. The minimum absolute atomic E-state index is 0.762. The Kier molecular flexibility index (Phi) is 2.46. The lowest BCUT2D eigenvalue weighted by molar-refractivity contribution is 1.55. The fourth-order valence-corrected chi connectivity index (χ4v) is 1.30. The highest BCUT2D eigenvalue weighted by molar-refractivity contribution is 5.63. The minimum Gasteiger partial charge on any atom is -0.399 e. The van der Waals surface area contributed by atoms with Gasteiger partial charge in [0.2, 0.25) is 0 Å². The Balaban J connectivity index is 2.15. The first-order chi connectivity index (χ1) is 7.24. The molecule has 76 valence electrons. The van der Waals surface area contributed by atoms with Gasteiger partial charge in [0.1, 0.15) is 0 Å². The van der Waals surface area contributed by atoms with Crippen molar-refractivity contribution in [3.8, 4) is 0 Å². The Morgan fingerprint density at radius 2 is 0.933 bits per heavy atom. The Morgan fingerprint density at radius 3 is 1.27 bits per heavy atom. The summed E-state index contributed by atoms with van der Waals surface area (Å²) in [5.41, 5.74) is 14.7. The highest BCUT2D eigenvalue weighted by Gasteiger charge is 1.93. The van der Waals surface area contributed by atoms with Gasteiger partial charge in [0.25, 0.3) is 0 Å². The van der Waals surface area contributed by atoms with Crippen molar-refractivity contribution >= 4 is 22.7 Å². The second-order valence-corrected chi connectivity index (χ2v) is 3.37. The van der Waals surface area contributed by atoms with Crippen molar-refractivity contribution in [2.75, 3.05) is 16.8 Å². The second kappa shape index (κ2) is 3.92. The largest absolute Gasteiger partial charge is 0.399 e. The van der Waals surface area contributed by atoms with Crippen molar-refractivity contribution in [3.63, 3.8) is 0 Å². The monoisotopic (exact) mass is 199 g/mol. The summed E-state index contributed by atoms with van der Waals surface area (Å²) in [5.74, 6) is 0. The fourth-order valence-electron chi connectivity index (χ4n) is 1.30. The van der Waals surface area contributed by atoms with E-state index in [-0.39, 0.29) is 0 Å². The molecule has 0 aliphatic heterocycles. The lowest BCUT2D eigenvalue weighted by Gasteiger charge is -2.06. The van der Waals surface area contributed by atoms with Crippen molar-refractivity contribution < 1.29 is 0 Å². The smallest absolute Gasteiger partial charge is 0.0385 e. The van der Waals surface area contributed by atoms with Crippen LogP contribution in [0.3, 0.4) is 0 Å². The van der Waals surface area contributed by atoms with Crippen molar-refractivity contribution in [1.82, 2.24) is 0 Å². The maximum Gasteiger partial charge on any atom is 0.0385 e. The number of hydrogen-bond donors (Lipinski definition) is 3. The van der Waals surface area contributed by atoms with Gasteiger partial charge in [0.05, 0.1) is 0 Å². The summed E-state index contributed by atoms with van der Waals surface area (Å²) in [6.45, 7) is 0. The molecule has 5 N–H and O–H groups in total. The predicted octanol–water partition coefficient (Wildman–Crippen LogP) is 2.59. The van der Waals surface area contributed by atoms with Crippen molar-refractivity contribution in [2.24, 2.45) is 0 Å². The minimum atomic E-state index is 0.762. The molecule has 0 radical (unpaired) electrons. The van der Waals surface area contributed by atoms with Crippen LogP contribution in [-0.4, -0.2) is 0 Å². The van der Waals surface area contributed by atoms with Crippen LogP contribution in [0, 0.1) is 0 Å². The van der Waals surface area contributed by atoms with E-state index >= 15 is 0 Å². The van der Waals surface area contributed by atoms with E-state index in [9.17, 15) is 0 Å². The molecule has 0 aliphatic rings. The molecular weight excluding hydrogens is 186 g/mol. The highest BCUT2D eigenvalue weighted by Crippen LogP contribution is 2.18. The number of anilines is 4. The predicted molar refractivity (Wildman–Crippen MR) is 65.0 cm³/mol. The Hall–Kier alpha value is -2.16. The summed E-state index contributed by atoms with van der Waals surface area (Å²) in [4.78, 5) is 0. The SMILES string of the molecule is Nc1ccc(Nc2ccc(N)cc2)cc1. The summed E-state index contributed by atoms with van der Waals surface area (Å²) in [6.07, 6.45) is 0. The molecule has 2 aromatic carbocycles. The van der Waals surface area contributed by atoms with Crippen molar-refractivity contribution in [1.29, 1.82) is 0 Å². The van der Waals surface area contributed by atoms with Crippen LogP contribution in [0.15, 0.2) is 48.5 Å². The molecule has 0 heterocycles. The molecular formula is C12H13N3. The van der Waals surface area contributed by atoms with Gasteiger partial charge in [-0.3, -0.25) is 0 Å². The van der Waals surface area contributed by atoms with E-state index < -0.39 is 0 Å². The molecule has 15 heavy (non-hydrogen) atoms. The molecule has 2 rings (SSSR count). The molecule has 3 nitrogen and oxygen atoms in total. The number of rotatable bonds is 2. The number of nitrogens with one attached hydrogen (secondary N) is 1. The van der Waals surface area contributed by atoms with E-state index in [1.54, 1.807) is 0 Å². The molecule has 0 saturated carbocycles. The summed E-state index contributed by atoms with van der Waals surface area (Å²) in [5, 5.41) is 3.25. The lowest BCUT2D eigenvalue weighted by atomic mass is 10.2. The molecule has 0 amide bonds. The van der Waals surface area contributed by atoms with E-state index in [1.807, 2.05) is 48.5 Å². The normalized spacial score (nSPS) is 9.87. The van der Waals surface area contributed by atoms with Gasteiger partial charge in [0.15, 0.2) is 0 Å². The molecule has 0 aliphatic carbocycles. The summed E-state index contributed by atoms with van der Waals surface area (Å²) >= 11 is 0. The van der Waals surface area contributed by atoms with Crippen LogP contribution in [-0.2, 0) is 0 Å². The topological polar surface area (TPSA) is 64.1 Å². The zero-order valence-electron chi connectivity index (χ0n) is 8.27. The molecule has 0 unspecified atom stereocenters. The number of nitrogens with two attached hydrogens (primary N) is 2. The molecule has 0 bridgehead atoms. The molecule has 0 saturated heterocycles. The first kappa shape index (κ1) is 9.40. The Morgan fingerprint density at radius 1 is 0.600 bits per heavy atom. The Bertz CT molecular complexity index is 388. The molecule has 0 aromatic heterocycles. The van der Waals surface area contributed by atoms with E-state index in [0.717, 1.165) is 22.7 Å². The second-order valence-electron chi connectivity index (χ2n) is 3.37. The average molecular weight is 199 g/mol. The van der Waals surface area contributed by atoms with Gasteiger partial charge in [-0.1, -0.05) is 0 Å². The van der Waals surface area contributed by atoms with E-state index in [1.165, 1.54) is 0 Å². The zero-order chi connectivity index (χ0) is 10.7. The standard InChI is InChI=1S/C12H13N3/c13-9-1-5-11(6-2-9)15-12-7-3-10(14)4-8-12/h1-8,15H,13-14H2. The molecule has 2 aromatic rings. The third kappa shape index (κ3) is 2.40. The quantitative estimate of drug-likeness (QED) is 0.651. The summed E-state index contributed by atoms with van der Waals surface area (Å²) < 4.78 is 0.